The Hall–Kier alpha value is -2.53. The zero-order valence-corrected chi connectivity index (χ0v) is 15.4. The van der Waals surface area contributed by atoms with Crippen LogP contribution < -0.4 is 11.3 Å². The van der Waals surface area contributed by atoms with E-state index in [4.69, 9.17) is 5.84 Å². The first-order valence-corrected chi connectivity index (χ1v) is 9.87. The third-order valence-electron chi connectivity index (χ3n) is 4.54. The summed E-state index contributed by atoms with van der Waals surface area (Å²) in [5.41, 5.74) is 3.07. The summed E-state index contributed by atoms with van der Waals surface area (Å²) in [6.45, 7) is 2.62. The van der Waals surface area contributed by atoms with Crippen molar-refractivity contribution in [2.75, 3.05) is 31.6 Å². The minimum atomic E-state index is -3.81. The van der Waals surface area contributed by atoms with Crippen molar-refractivity contribution in [3.63, 3.8) is 0 Å². The zero-order chi connectivity index (χ0) is 19.4. The highest BCUT2D eigenvalue weighted by atomic mass is 32.2. The summed E-state index contributed by atoms with van der Waals surface area (Å²) in [7, 11) is -3.81. The summed E-state index contributed by atoms with van der Waals surface area (Å²) >= 11 is 0. The van der Waals surface area contributed by atoms with Crippen molar-refractivity contribution in [2.24, 2.45) is 5.84 Å². The van der Waals surface area contributed by atoms with Crippen molar-refractivity contribution in [1.29, 1.82) is 0 Å². The number of piperazine rings is 1. The average Bonchev–Trinajstić information content (AvgIpc) is 2.68. The van der Waals surface area contributed by atoms with Crippen molar-refractivity contribution in [3.8, 4) is 0 Å². The fourth-order valence-electron chi connectivity index (χ4n) is 3.06. The van der Waals surface area contributed by atoms with Gasteiger partial charge in [0.05, 0.1) is 9.82 Å². The van der Waals surface area contributed by atoms with Crippen LogP contribution in [0, 0.1) is 10.1 Å². The molecule has 1 aliphatic rings. The molecule has 2 aromatic rings. The average molecular weight is 391 g/mol. The second-order valence-electron chi connectivity index (χ2n) is 6.25. The van der Waals surface area contributed by atoms with Crippen LogP contribution in [0.4, 0.5) is 11.4 Å². The maximum Gasteiger partial charge on any atom is 0.294 e. The number of nitrogens with one attached hydrogen (secondary N) is 1. The second kappa shape index (κ2) is 8.01. The van der Waals surface area contributed by atoms with Gasteiger partial charge in [0.25, 0.3) is 5.69 Å². The van der Waals surface area contributed by atoms with Gasteiger partial charge in [-0.25, -0.2) is 8.42 Å². The number of hydrogen-bond donors (Lipinski definition) is 2. The molecule has 0 bridgehead atoms. The van der Waals surface area contributed by atoms with Crippen LogP contribution in [0.2, 0.25) is 0 Å². The number of hydrazine groups is 1. The SMILES string of the molecule is NNc1ccc(S(=O)(=O)N2CCN(Cc3ccccc3)CC2)cc1[N+](=O)[O-]. The van der Waals surface area contributed by atoms with E-state index in [9.17, 15) is 18.5 Å². The van der Waals surface area contributed by atoms with E-state index in [1.54, 1.807) is 0 Å². The molecule has 1 fully saturated rings. The molecule has 0 saturated carbocycles. The van der Waals surface area contributed by atoms with Crippen molar-refractivity contribution in [3.05, 3.63) is 64.2 Å². The molecule has 0 unspecified atom stereocenters. The van der Waals surface area contributed by atoms with Crippen LogP contribution in [0.15, 0.2) is 53.4 Å². The molecule has 0 spiro atoms. The lowest BCUT2D eigenvalue weighted by atomic mass is 10.2. The summed E-state index contributed by atoms with van der Waals surface area (Å²) in [5, 5.41) is 11.1. The lowest BCUT2D eigenvalue weighted by molar-refractivity contribution is -0.384. The fourth-order valence-corrected chi connectivity index (χ4v) is 4.51. The quantitative estimate of drug-likeness (QED) is 0.433. The van der Waals surface area contributed by atoms with E-state index < -0.39 is 14.9 Å². The Morgan fingerprint density at radius 2 is 1.74 bits per heavy atom. The normalized spacial score (nSPS) is 16.2. The number of nitrogens with two attached hydrogens (primary N) is 1. The molecule has 1 saturated heterocycles. The van der Waals surface area contributed by atoms with E-state index in [0.29, 0.717) is 26.2 Å². The lowest BCUT2D eigenvalue weighted by Gasteiger charge is -2.34. The first-order chi connectivity index (χ1) is 12.9. The van der Waals surface area contributed by atoms with Crippen LogP contribution in [0.3, 0.4) is 0 Å². The first-order valence-electron chi connectivity index (χ1n) is 8.43. The molecule has 9 nitrogen and oxygen atoms in total. The Morgan fingerprint density at radius 3 is 2.33 bits per heavy atom. The highest BCUT2D eigenvalue weighted by Crippen LogP contribution is 2.28. The number of nitrogen functional groups attached to an aromatic ring is 1. The van der Waals surface area contributed by atoms with E-state index in [2.05, 4.69) is 10.3 Å². The van der Waals surface area contributed by atoms with Gasteiger partial charge in [0, 0.05) is 38.8 Å². The van der Waals surface area contributed by atoms with Crippen molar-refractivity contribution >= 4 is 21.4 Å². The van der Waals surface area contributed by atoms with Gasteiger partial charge in [-0.2, -0.15) is 4.31 Å². The Kier molecular flexibility index (Phi) is 5.71. The van der Waals surface area contributed by atoms with Crippen LogP contribution in [0.25, 0.3) is 0 Å². The van der Waals surface area contributed by atoms with E-state index in [1.807, 2.05) is 30.3 Å². The standard InChI is InChI=1S/C17H21N5O4S/c18-19-16-7-6-15(12-17(16)22(23)24)27(25,26)21-10-8-20(9-11-21)13-14-4-2-1-3-5-14/h1-7,12,19H,8-11,13,18H2. The largest absolute Gasteiger partial charge is 0.318 e. The van der Waals surface area contributed by atoms with Gasteiger partial charge in [0.2, 0.25) is 10.0 Å². The number of sulfonamides is 1. The number of nitro groups is 1. The fraction of sp³-hybridized carbons (Fsp3) is 0.294. The highest BCUT2D eigenvalue weighted by molar-refractivity contribution is 7.89. The number of anilines is 1. The van der Waals surface area contributed by atoms with Crippen LogP contribution in [-0.4, -0.2) is 48.7 Å². The minimum absolute atomic E-state index is 0.0617. The molecule has 0 atom stereocenters. The molecule has 2 aromatic carbocycles. The monoisotopic (exact) mass is 391 g/mol. The third-order valence-corrected chi connectivity index (χ3v) is 6.43. The Balaban J connectivity index is 1.71. The predicted octanol–water partition coefficient (Wildman–Crippen LogP) is 1.39. The van der Waals surface area contributed by atoms with Gasteiger partial charge in [-0.1, -0.05) is 30.3 Å². The van der Waals surface area contributed by atoms with Gasteiger partial charge < -0.3 is 5.43 Å². The molecule has 0 aromatic heterocycles. The van der Waals surface area contributed by atoms with Crippen molar-refractivity contribution in [1.82, 2.24) is 9.21 Å². The molecule has 0 amide bonds. The Labute approximate surface area is 157 Å². The van der Waals surface area contributed by atoms with Crippen LogP contribution >= 0.6 is 0 Å². The third kappa shape index (κ3) is 4.25. The Morgan fingerprint density at radius 1 is 1.07 bits per heavy atom. The molecular weight excluding hydrogens is 370 g/mol. The van der Waals surface area contributed by atoms with Crippen LogP contribution in [-0.2, 0) is 16.6 Å². The number of nitro benzene ring substituents is 1. The smallest absolute Gasteiger partial charge is 0.294 e. The van der Waals surface area contributed by atoms with Gasteiger partial charge in [0.15, 0.2) is 0 Å². The molecule has 1 aliphatic heterocycles. The summed E-state index contributed by atoms with van der Waals surface area (Å²) < 4.78 is 27.1. The lowest BCUT2D eigenvalue weighted by Crippen LogP contribution is -2.48. The molecule has 3 N–H and O–H groups in total. The van der Waals surface area contributed by atoms with Gasteiger partial charge in [-0.3, -0.25) is 20.9 Å². The number of rotatable bonds is 6. The number of benzene rings is 2. The van der Waals surface area contributed by atoms with Gasteiger partial charge in [0.1, 0.15) is 5.69 Å². The van der Waals surface area contributed by atoms with Crippen molar-refractivity contribution in [2.45, 2.75) is 11.4 Å². The van der Waals surface area contributed by atoms with E-state index >= 15 is 0 Å². The first kappa shape index (κ1) is 19.2. The van der Waals surface area contributed by atoms with Gasteiger partial charge in [-0.15, -0.1) is 0 Å². The zero-order valence-electron chi connectivity index (χ0n) is 14.6. The Bertz CT molecular complexity index is 912. The summed E-state index contributed by atoms with van der Waals surface area (Å²) in [6.07, 6.45) is 0. The summed E-state index contributed by atoms with van der Waals surface area (Å²) in [6, 6.07) is 13.7. The molecule has 27 heavy (non-hydrogen) atoms. The highest BCUT2D eigenvalue weighted by Gasteiger charge is 2.30. The molecule has 144 valence electrons. The maximum atomic E-state index is 12.9. The minimum Gasteiger partial charge on any atom is -0.318 e. The molecule has 10 heteroatoms. The summed E-state index contributed by atoms with van der Waals surface area (Å²) in [5.74, 6) is 5.25. The molecule has 1 heterocycles. The van der Waals surface area contributed by atoms with Crippen LogP contribution in [0.5, 0.6) is 0 Å². The number of nitrogens with zero attached hydrogens (tertiary/aromatic N) is 3. The van der Waals surface area contributed by atoms with E-state index in [1.165, 1.54) is 22.0 Å². The molecule has 3 rings (SSSR count). The number of hydrogen-bond acceptors (Lipinski definition) is 7. The van der Waals surface area contributed by atoms with E-state index in [-0.39, 0.29) is 16.3 Å². The summed E-state index contributed by atoms with van der Waals surface area (Å²) in [4.78, 5) is 12.6. The molecular formula is C17H21N5O4S. The molecule has 0 radical (unpaired) electrons. The predicted molar refractivity (Wildman–Crippen MR) is 101 cm³/mol. The second-order valence-corrected chi connectivity index (χ2v) is 8.18. The van der Waals surface area contributed by atoms with Gasteiger partial charge >= 0.3 is 0 Å². The van der Waals surface area contributed by atoms with Gasteiger partial charge in [-0.05, 0) is 17.7 Å². The van der Waals surface area contributed by atoms with Crippen molar-refractivity contribution < 1.29 is 13.3 Å². The van der Waals surface area contributed by atoms with E-state index in [0.717, 1.165) is 12.6 Å². The molecule has 0 aliphatic carbocycles. The van der Waals surface area contributed by atoms with Crippen LogP contribution in [0.1, 0.15) is 5.56 Å². The maximum absolute atomic E-state index is 12.9. The topological polar surface area (TPSA) is 122 Å².